The summed E-state index contributed by atoms with van der Waals surface area (Å²) in [5, 5.41) is 1.82. The van der Waals surface area contributed by atoms with Gasteiger partial charge in [-0.15, -0.1) is 0 Å². The van der Waals surface area contributed by atoms with Crippen LogP contribution in [0.2, 0.25) is 0 Å². The largest absolute Gasteiger partial charge is 0.341 e. The lowest BCUT2D eigenvalue weighted by atomic mass is 10.3. The van der Waals surface area contributed by atoms with Gasteiger partial charge in [0, 0.05) is 27.2 Å². The van der Waals surface area contributed by atoms with E-state index in [1.54, 1.807) is 0 Å². The van der Waals surface area contributed by atoms with Gasteiger partial charge in [0.15, 0.2) is 0 Å². The molecule has 13 heavy (non-hydrogen) atoms. The van der Waals surface area contributed by atoms with Crippen molar-refractivity contribution in [2.24, 2.45) is 0 Å². The van der Waals surface area contributed by atoms with E-state index in [9.17, 15) is 4.79 Å². The molecular formula is C9H19N3O. The van der Waals surface area contributed by atoms with Crippen LogP contribution in [0.1, 0.15) is 19.8 Å². The van der Waals surface area contributed by atoms with Gasteiger partial charge in [-0.1, -0.05) is 0 Å². The number of carbonyl (C=O) groups is 1. The molecule has 0 spiro atoms. The Kier molecular flexibility index (Phi) is 3.69. The summed E-state index contributed by atoms with van der Waals surface area (Å²) >= 11 is 0. The van der Waals surface area contributed by atoms with E-state index >= 15 is 0 Å². The maximum Gasteiger partial charge on any atom is 0.240 e. The molecule has 1 fully saturated rings. The number of hydrogen-bond donors (Lipinski definition) is 1. The molecule has 0 aromatic carbocycles. The van der Waals surface area contributed by atoms with E-state index < -0.39 is 0 Å². The molecule has 0 aliphatic carbocycles. The third-order valence-corrected chi connectivity index (χ3v) is 2.24. The molecule has 0 radical (unpaired) electrons. The highest BCUT2D eigenvalue weighted by Gasteiger charge is 2.22. The van der Waals surface area contributed by atoms with Gasteiger partial charge in [0.1, 0.15) is 0 Å². The van der Waals surface area contributed by atoms with Gasteiger partial charge >= 0.3 is 0 Å². The van der Waals surface area contributed by atoms with Gasteiger partial charge in [0.05, 0.1) is 6.04 Å². The lowest BCUT2D eigenvalue weighted by Gasteiger charge is -2.23. The molecule has 1 aliphatic rings. The van der Waals surface area contributed by atoms with E-state index in [2.05, 4.69) is 5.43 Å². The third-order valence-electron chi connectivity index (χ3n) is 2.24. The highest BCUT2D eigenvalue weighted by Crippen LogP contribution is 2.08. The van der Waals surface area contributed by atoms with E-state index in [1.165, 1.54) is 0 Å². The number of nitrogens with one attached hydrogen (secondary N) is 1. The summed E-state index contributed by atoms with van der Waals surface area (Å²) < 4.78 is 0. The SMILES string of the molecule is CC(NN(C)C)C(=O)N1CCCC1. The molecule has 1 N–H and O–H groups in total. The first-order valence-corrected chi connectivity index (χ1v) is 4.83. The van der Waals surface area contributed by atoms with Crippen molar-refractivity contribution in [2.45, 2.75) is 25.8 Å². The predicted octanol–water partition coefficient (Wildman–Crippen LogP) is 0.0635. The van der Waals surface area contributed by atoms with Crippen molar-refractivity contribution in [1.29, 1.82) is 0 Å². The van der Waals surface area contributed by atoms with Crippen molar-refractivity contribution in [3.63, 3.8) is 0 Å². The Morgan fingerprint density at radius 3 is 2.38 bits per heavy atom. The van der Waals surface area contributed by atoms with Crippen molar-refractivity contribution >= 4 is 5.91 Å². The van der Waals surface area contributed by atoms with Crippen LogP contribution >= 0.6 is 0 Å². The molecule has 4 nitrogen and oxygen atoms in total. The number of amides is 1. The molecule has 1 rings (SSSR count). The Morgan fingerprint density at radius 1 is 1.38 bits per heavy atom. The van der Waals surface area contributed by atoms with Crippen molar-refractivity contribution < 1.29 is 4.79 Å². The normalized spacial score (nSPS) is 19.5. The molecule has 0 bridgehead atoms. The fourth-order valence-corrected chi connectivity index (χ4v) is 1.65. The molecule has 4 heteroatoms. The minimum Gasteiger partial charge on any atom is -0.341 e. The van der Waals surface area contributed by atoms with Crippen molar-refractivity contribution in [1.82, 2.24) is 15.3 Å². The van der Waals surface area contributed by atoms with Gasteiger partial charge in [-0.25, -0.2) is 10.4 Å². The highest BCUT2D eigenvalue weighted by molar-refractivity contribution is 5.81. The van der Waals surface area contributed by atoms with E-state index in [0.717, 1.165) is 25.9 Å². The van der Waals surface area contributed by atoms with Crippen LogP contribution in [0.25, 0.3) is 0 Å². The second kappa shape index (κ2) is 4.58. The molecule has 1 atom stereocenters. The highest BCUT2D eigenvalue weighted by atomic mass is 16.2. The van der Waals surface area contributed by atoms with Crippen LogP contribution in [0.4, 0.5) is 0 Å². The number of carbonyl (C=O) groups excluding carboxylic acids is 1. The van der Waals surface area contributed by atoms with Crippen LogP contribution < -0.4 is 5.43 Å². The van der Waals surface area contributed by atoms with Gasteiger partial charge in [-0.3, -0.25) is 4.79 Å². The topological polar surface area (TPSA) is 35.6 Å². The maximum atomic E-state index is 11.7. The second-order valence-electron chi connectivity index (χ2n) is 3.78. The molecule has 0 aromatic heterocycles. The third kappa shape index (κ3) is 2.97. The van der Waals surface area contributed by atoms with E-state index in [4.69, 9.17) is 0 Å². The first-order valence-electron chi connectivity index (χ1n) is 4.83. The average molecular weight is 185 g/mol. The Bertz CT molecular complexity index is 176. The minimum absolute atomic E-state index is 0.104. The number of likely N-dealkylation sites (tertiary alicyclic amines) is 1. The summed E-state index contributed by atoms with van der Waals surface area (Å²) in [6.45, 7) is 3.76. The molecule has 0 aromatic rings. The number of nitrogens with zero attached hydrogens (tertiary/aromatic N) is 2. The zero-order valence-electron chi connectivity index (χ0n) is 8.71. The lowest BCUT2D eigenvalue weighted by molar-refractivity contribution is -0.133. The Morgan fingerprint density at radius 2 is 1.92 bits per heavy atom. The van der Waals surface area contributed by atoms with Crippen LogP contribution in [0.15, 0.2) is 0 Å². The van der Waals surface area contributed by atoms with E-state index in [-0.39, 0.29) is 11.9 Å². The summed E-state index contributed by atoms with van der Waals surface area (Å²) in [6.07, 6.45) is 2.31. The van der Waals surface area contributed by atoms with Crippen molar-refractivity contribution in [2.75, 3.05) is 27.2 Å². The monoisotopic (exact) mass is 185 g/mol. The Hall–Kier alpha value is -0.610. The molecule has 76 valence electrons. The van der Waals surface area contributed by atoms with Crippen LogP contribution in [-0.2, 0) is 4.79 Å². The lowest BCUT2D eigenvalue weighted by Crippen LogP contribution is -2.48. The van der Waals surface area contributed by atoms with Crippen LogP contribution in [0.3, 0.4) is 0 Å². The number of hydrazine groups is 1. The quantitative estimate of drug-likeness (QED) is 0.632. The zero-order valence-corrected chi connectivity index (χ0v) is 8.71. The smallest absolute Gasteiger partial charge is 0.240 e. The fraction of sp³-hybridized carbons (Fsp3) is 0.889. The molecule has 1 amide bonds. The average Bonchev–Trinajstić information content (AvgIpc) is 2.53. The second-order valence-corrected chi connectivity index (χ2v) is 3.78. The van der Waals surface area contributed by atoms with E-state index in [1.807, 2.05) is 30.9 Å². The van der Waals surface area contributed by atoms with Crippen LogP contribution in [-0.4, -0.2) is 49.0 Å². The van der Waals surface area contributed by atoms with Gasteiger partial charge in [0.25, 0.3) is 0 Å². The predicted molar refractivity (Wildman–Crippen MR) is 52.1 cm³/mol. The van der Waals surface area contributed by atoms with Crippen LogP contribution in [0.5, 0.6) is 0 Å². The van der Waals surface area contributed by atoms with Crippen LogP contribution in [0, 0.1) is 0 Å². The first kappa shape index (κ1) is 10.5. The Balaban J connectivity index is 2.36. The molecule has 1 unspecified atom stereocenters. The number of hydrogen-bond acceptors (Lipinski definition) is 3. The standard InChI is InChI=1S/C9H19N3O/c1-8(10-11(2)3)9(13)12-6-4-5-7-12/h8,10H,4-7H2,1-3H3. The van der Waals surface area contributed by atoms with Crippen molar-refractivity contribution in [3.05, 3.63) is 0 Å². The summed E-state index contributed by atoms with van der Waals surface area (Å²) in [4.78, 5) is 13.6. The molecule has 1 heterocycles. The first-order chi connectivity index (χ1) is 6.11. The summed E-state index contributed by atoms with van der Waals surface area (Å²) in [6, 6.07) is -0.104. The molecule has 1 saturated heterocycles. The van der Waals surface area contributed by atoms with Gasteiger partial charge in [-0.05, 0) is 19.8 Å². The summed E-state index contributed by atoms with van der Waals surface area (Å²) in [5.41, 5.74) is 3.06. The summed E-state index contributed by atoms with van der Waals surface area (Å²) in [7, 11) is 3.79. The minimum atomic E-state index is -0.104. The maximum absolute atomic E-state index is 11.7. The Labute approximate surface area is 79.9 Å². The van der Waals surface area contributed by atoms with E-state index in [0.29, 0.717) is 0 Å². The molecule has 0 saturated carbocycles. The zero-order chi connectivity index (χ0) is 9.84. The number of rotatable bonds is 3. The summed E-state index contributed by atoms with van der Waals surface area (Å²) in [5.74, 6) is 0.214. The van der Waals surface area contributed by atoms with Gasteiger partial charge < -0.3 is 4.90 Å². The molecular weight excluding hydrogens is 166 g/mol. The molecule has 1 aliphatic heterocycles. The van der Waals surface area contributed by atoms with Gasteiger partial charge in [0.2, 0.25) is 5.91 Å². The van der Waals surface area contributed by atoms with Gasteiger partial charge in [-0.2, -0.15) is 0 Å². The fourth-order valence-electron chi connectivity index (χ4n) is 1.65. The van der Waals surface area contributed by atoms with Crippen molar-refractivity contribution in [3.8, 4) is 0 Å².